The Kier molecular flexibility index (Phi) is 7.54. The Balaban J connectivity index is 1.41. The number of nitrogens with zero attached hydrogens (tertiary/aromatic N) is 4. The maximum absolute atomic E-state index is 12.7. The molecule has 1 N–H and O–H groups in total. The third-order valence-corrected chi connectivity index (χ3v) is 8.04. The van der Waals surface area contributed by atoms with Crippen molar-refractivity contribution in [2.75, 3.05) is 25.5 Å². The zero-order valence-corrected chi connectivity index (χ0v) is 22.4. The van der Waals surface area contributed by atoms with Gasteiger partial charge in [-0.3, -0.25) is 15.0 Å². The molecule has 1 aliphatic carbocycles. The standard InChI is InChI=1S/C28H37N5O4/c1-20(2)28(33(35)36)12-11-21(3)27(4,19-28)32-25-23(17-30-32)15-24(16-29-25)26(34)37-14-13-31(5)18-22-9-7-6-8-10-22/h6-11,16-17,20,29H,12-15,18-19H2,1-5H3. The minimum Gasteiger partial charge on any atom is -0.461 e. The van der Waals surface area contributed by atoms with E-state index >= 15 is 0 Å². The number of carbonyl (C=O) groups is 1. The quantitative estimate of drug-likeness (QED) is 0.230. The van der Waals surface area contributed by atoms with E-state index in [1.165, 1.54) is 5.56 Å². The summed E-state index contributed by atoms with van der Waals surface area (Å²) in [4.78, 5) is 26.9. The highest BCUT2D eigenvalue weighted by Gasteiger charge is 2.54. The van der Waals surface area contributed by atoms with Gasteiger partial charge in [0, 0.05) is 55.0 Å². The molecule has 4 rings (SSSR count). The zero-order valence-electron chi connectivity index (χ0n) is 22.4. The Hall–Kier alpha value is -3.46. The van der Waals surface area contributed by atoms with Crippen molar-refractivity contribution in [2.24, 2.45) is 5.92 Å². The van der Waals surface area contributed by atoms with Crippen molar-refractivity contribution >= 4 is 11.8 Å². The van der Waals surface area contributed by atoms with Crippen LogP contribution in [-0.4, -0.2) is 51.3 Å². The predicted molar refractivity (Wildman–Crippen MR) is 143 cm³/mol. The highest BCUT2D eigenvalue weighted by atomic mass is 16.6. The molecule has 2 atom stereocenters. The van der Waals surface area contributed by atoms with E-state index in [2.05, 4.69) is 27.4 Å². The number of hydrogen-bond donors (Lipinski definition) is 1. The molecule has 198 valence electrons. The third kappa shape index (κ3) is 5.18. The largest absolute Gasteiger partial charge is 0.461 e. The molecule has 1 aromatic heterocycles. The van der Waals surface area contributed by atoms with Gasteiger partial charge in [0.25, 0.3) is 0 Å². The lowest BCUT2D eigenvalue weighted by molar-refractivity contribution is -0.583. The van der Waals surface area contributed by atoms with Gasteiger partial charge in [-0.2, -0.15) is 5.10 Å². The maximum Gasteiger partial charge on any atom is 0.335 e. The van der Waals surface area contributed by atoms with E-state index in [1.807, 2.05) is 63.7 Å². The molecule has 0 saturated heterocycles. The van der Waals surface area contributed by atoms with E-state index in [4.69, 9.17) is 4.74 Å². The van der Waals surface area contributed by atoms with Crippen molar-refractivity contribution in [3.8, 4) is 0 Å². The van der Waals surface area contributed by atoms with Crippen LogP contribution in [0.15, 0.2) is 60.0 Å². The fraction of sp³-hybridized carbons (Fsp3) is 0.500. The lowest BCUT2D eigenvalue weighted by atomic mass is 9.68. The molecular weight excluding hydrogens is 470 g/mol. The second-order valence-corrected chi connectivity index (χ2v) is 10.8. The first-order valence-corrected chi connectivity index (χ1v) is 12.8. The molecule has 2 aromatic rings. The highest BCUT2D eigenvalue weighted by molar-refractivity contribution is 5.90. The predicted octanol–water partition coefficient (Wildman–Crippen LogP) is 4.54. The molecule has 9 heteroatoms. The van der Waals surface area contributed by atoms with Crippen molar-refractivity contribution in [1.29, 1.82) is 0 Å². The lowest BCUT2D eigenvalue weighted by Crippen LogP contribution is -2.53. The van der Waals surface area contributed by atoms with Crippen molar-refractivity contribution in [3.63, 3.8) is 0 Å². The number of rotatable bonds is 9. The molecule has 0 saturated carbocycles. The highest BCUT2D eigenvalue weighted by Crippen LogP contribution is 2.47. The van der Waals surface area contributed by atoms with Gasteiger partial charge < -0.3 is 10.1 Å². The number of esters is 1. The third-order valence-electron chi connectivity index (χ3n) is 8.04. The van der Waals surface area contributed by atoms with Crippen LogP contribution >= 0.6 is 0 Å². The zero-order chi connectivity index (χ0) is 26.8. The fourth-order valence-corrected chi connectivity index (χ4v) is 5.33. The number of anilines is 1. The first-order chi connectivity index (χ1) is 17.6. The van der Waals surface area contributed by atoms with E-state index in [1.54, 1.807) is 12.4 Å². The average molecular weight is 508 g/mol. The van der Waals surface area contributed by atoms with Gasteiger partial charge in [0.15, 0.2) is 0 Å². The van der Waals surface area contributed by atoms with Crippen LogP contribution < -0.4 is 5.32 Å². The van der Waals surface area contributed by atoms with E-state index in [-0.39, 0.29) is 16.8 Å². The maximum atomic E-state index is 12.7. The number of ether oxygens (including phenoxy) is 1. The van der Waals surface area contributed by atoms with Crippen LogP contribution in [0.1, 0.15) is 51.7 Å². The Bertz CT molecular complexity index is 1220. The van der Waals surface area contributed by atoms with Crippen molar-refractivity contribution in [2.45, 2.75) is 64.6 Å². The van der Waals surface area contributed by atoms with Crippen molar-refractivity contribution in [3.05, 3.63) is 81.2 Å². The summed E-state index contributed by atoms with van der Waals surface area (Å²) in [7, 11) is 2.00. The molecule has 37 heavy (non-hydrogen) atoms. The fourth-order valence-electron chi connectivity index (χ4n) is 5.33. The van der Waals surface area contributed by atoms with Crippen LogP contribution in [0.2, 0.25) is 0 Å². The number of likely N-dealkylation sites (N-methyl/N-ethyl adjacent to an activating group) is 1. The summed E-state index contributed by atoms with van der Waals surface area (Å²) in [5.41, 5.74) is 1.94. The molecule has 1 aromatic carbocycles. The van der Waals surface area contributed by atoms with Gasteiger partial charge in [-0.25, -0.2) is 9.48 Å². The Morgan fingerprint density at radius 1 is 1.32 bits per heavy atom. The topological polar surface area (TPSA) is 103 Å². The van der Waals surface area contributed by atoms with Gasteiger partial charge in [0.2, 0.25) is 5.54 Å². The monoisotopic (exact) mass is 507 g/mol. The number of benzene rings is 1. The summed E-state index contributed by atoms with van der Waals surface area (Å²) < 4.78 is 7.40. The molecule has 0 radical (unpaired) electrons. The molecular formula is C28H37N5O4. The Morgan fingerprint density at radius 2 is 2.05 bits per heavy atom. The summed E-state index contributed by atoms with van der Waals surface area (Å²) in [6.07, 6.45) is 6.54. The number of nitro groups is 1. The number of fused-ring (bicyclic) bond motifs is 1. The summed E-state index contributed by atoms with van der Waals surface area (Å²) in [6, 6.07) is 10.2. The number of allylic oxidation sites excluding steroid dienone is 1. The average Bonchev–Trinajstić information content (AvgIpc) is 3.30. The molecule has 0 fully saturated rings. The molecule has 9 nitrogen and oxygen atoms in total. The molecule has 1 aliphatic heterocycles. The van der Waals surface area contributed by atoms with Gasteiger partial charge in [-0.15, -0.1) is 0 Å². The number of aromatic nitrogens is 2. The summed E-state index contributed by atoms with van der Waals surface area (Å²) >= 11 is 0. The van der Waals surface area contributed by atoms with Crippen LogP contribution in [0.5, 0.6) is 0 Å². The number of nitrogens with one attached hydrogen (secondary N) is 1. The van der Waals surface area contributed by atoms with Crippen LogP contribution in [-0.2, 0) is 28.0 Å². The van der Waals surface area contributed by atoms with Crippen LogP contribution in [0.25, 0.3) is 0 Å². The first-order valence-electron chi connectivity index (χ1n) is 12.8. The molecule has 2 heterocycles. The Morgan fingerprint density at radius 3 is 2.73 bits per heavy atom. The SMILES string of the molecule is CC1=CCC(C(C)C)([N+](=O)[O-])CC1(C)n1ncc2c1NC=C(C(=O)OCCN(C)Cc1ccccc1)C2. The van der Waals surface area contributed by atoms with Gasteiger partial charge >= 0.3 is 5.97 Å². The van der Waals surface area contributed by atoms with Gasteiger partial charge in [0.05, 0.1) is 17.3 Å². The van der Waals surface area contributed by atoms with Gasteiger partial charge in [-0.05, 0) is 32.0 Å². The minimum atomic E-state index is -1.06. The normalized spacial score (nSPS) is 23.2. The number of carbonyl (C=O) groups excluding carboxylic acids is 1. The van der Waals surface area contributed by atoms with Crippen LogP contribution in [0.3, 0.4) is 0 Å². The number of hydrogen-bond acceptors (Lipinski definition) is 7. The first kappa shape index (κ1) is 26.6. The molecule has 2 aliphatic rings. The second-order valence-electron chi connectivity index (χ2n) is 10.8. The van der Waals surface area contributed by atoms with Gasteiger partial charge in [-0.1, -0.05) is 50.3 Å². The molecule has 0 spiro atoms. The smallest absolute Gasteiger partial charge is 0.335 e. The van der Waals surface area contributed by atoms with E-state index in [9.17, 15) is 14.9 Å². The minimum absolute atomic E-state index is 0.118. The van der Waals surface area contributed by atoms with Gasteiger partial charge in [0.1, 0.15) is 12.4 Å². The molecule has 0 amide bonds. The summed E-state index contributed by atoms with van der Waals surface area (Å²) in [6.45, 7) is 9.55. The van der Waals surface area contributed by atoms with Crippen molar-refractivity contribution in [1.82, 2.24) is 14.7 Å². The van der Waals surface area contributed by atoms with E-state index < -0.39 is 11.1 Å². The molecule has 2 unspecified atom stereocenters. The lowest BCUT2D eigenvalue weighted by Gasteiger charge is -2.43. The van der Waals surface area contributed by atoms with Crippen LogP contribution in [0.4, 0.5) is 5.82 Å². The summed E-state index contributed by atoms with van der Waals surface area (Å²) in [5.74, 6) is 0.280. The van der Waals surface area contributed by atoms with E-state index in [0.29, 0.717) is 38.0 Å². The van der Waals surface area contributed by atoms with Crippen LogP contribution in [0, 0.1) is 16.0 Å². The summed E-state index contributed by atoms with van der Waals surface area (Å²) in [5, 5.41) is 20.1. The van der Waals surface area contributed by atoms with Crippen molar-refractivity contribution < 1.29 is 14.5 Å². The Labute approximate surface area is 218 Å². The second kappa shape index (κ2) is 10.5. The van der Waals surface area contributed by atoms with E-state index in [0.717, 1.165) is 23.5 Å². The molecule has 0 bridgehead atoms.